The van der Waals surface area contributed by atoms with Crippen LogP contribution < -0.4 is 0 Å². The Morgan fingerprint density at radius 3 is 2.80 bits per heavy atom. The van der Waals surface area contributed by atoms with Gasteiger partial charge in [-0.2, -0.15) is 0 Å². The fourth-order valence-electron chi connectivity index (χ4n) is 2.30. The van der Waals surface area contributed by atoms with E-state index in [9.17, 15) is 4.79 Å². The second-order valence-corrected chi connectivity index (χ2v) is 5.13. The number of carbonyl (C=O) groups excluding carboxylic acids is 1. The molecular formula is C14H22O. The average Bonchev–Trinajstić information content (AvgIpc) is 2.15. The fraction of sp³-hybridized carbons (Fsp3) is 0.643. The van der Waals surface area contributed by atoms with Gasteiger partial charge in [0, 0.05) is 12.3 Å². The molecular weight excluding hydrogens is 184 g/mol. The summed E-state index contributed by atoms with van der Waals surface area (Å²) in [6.45, 7) is 8.65. The first-order valence-electron chi connectivity index (χ1n) is 5.85. The van der Waals surface area contributed by atoms with E-state index >= 15 is 0 Å². The first kappa shape index (κ1) is 12.2. The molecule has 0 saturated heterocycles. The van der Waals surface area contributed by atoms with Gasteiger partial charge in [0.05, 0.1) is 0 Å². The van der Waals surface area contributed by atoms with E-state index < -0.39 is 0 Å². The Morgan fingerprint density at radius 2 is 2.27 bits per heavy atom. The summed E-state index contributed by atoms with van der Waals surface area (Å²) in [5.41, 5.74) is 1.70. The molecule has 1 heteroatoms. The Kier molecular flexibility index (Phi) is 3.90. The quantitative estimate of drug-likeness (QED) is 0.505. The molecule has 0 aromatic carbocycles. The molecule has 15 heavy (non-hydrogen) atoms. The van der Waals surface area contributed by atoms with Crippen LogP contribution in [0.25, 0.3) is 0 Å². The van der Waals surface area contributed by atoms with Gasteiger partial charge in [0.25, 0.3) is 0 Å². The molecule has 0 heterocycles. The highest BCUT2D eigenvalue weighted by molar-refractivity contribution is 5.89. The van der Waals surface area contributed by atoms with E-state index in [1.54, 1.807) is 6.08 Å². The van der Waals surface area contributed by atoms with E-state index in [0.717, 1.165) is 0 Å². The lowest BCUT2D eigenvalue weighted by Gasteiger charge is -2.36. The van der Waals surface area contributed by atoms with Crippen LogP contribution in [0.5, 0.6) is 0 Å². The first-order valence-corrected chi connectivity index (χ1v) is 5.85. The van der Waals surface area contributed by atoms with Gasteiger partial charge in [0.15, 0.2) is 5.78 Å². The summed E-state index contributed by atoms with van der Waals surface area (Å²) >= 11 is 0. The van der Waals surface area contributed by atoms with Crippen LogP contribution in [0, 0.1) is 11.3 Å². The molecule has 1 aliphatic carbocycles. The largest absolute Gasteiger partial charge is 0.295 e. The topological polar surface area (TPSA) is 17.1 Å². The molecule has 0 radical (unpaired) electrons. The standard InChI is InChI=1S/C14H22O/c1-5-12(15)8-9-13-11(2)7-6-10-14(13,3)4/h7-9,13H,5-6,10H2,1-4H3/t13-/m0/s1. The van der Waals surface area contributed by atoms with Crippen LogP contribution in [0.1, 0.15) is 47.0 Å². The van der Waals surface area contributed by atoms with Crippen LogP contribution in [0.2, 0.25) is 0 Å². The maximum atomic E-state index is 11.3. The van der Waals surface area contributed by atoms with Crippen molar-refractivity contribution in [2.75, 3.05) is 0 Å². The monoisotopic (exact) mass is 206 g/mol. The van der Waals surface area contributed by atoms with Crippen LogP contribution in [0.3, 0.4) is 0 Å². The molecule has 1 nitrogen and oxygen atoms in total. The Labute approximate surface area is 93.3 Å². The van der Waals surface area contributed by atoms with Crippen molar-refractivity contribution in [3.63, 3.8) is 0 Å². The molecule has 0 unspecified atom stereocenters. The smallest absolute Gasteiger partial charge is 0.155 e. The van der Waals surface area contributed by atoms with Crippen molar-refractivity contribution >= 4 is 5.78 Å². The molecule has 1 aliphatic rings. The maximum Gasteiger partial charge on any atom is 0.155 e. The summed E-state index contributed by atoms with van der Waals surface area (Å²) in [5, 5.41) is 0. The molecule has 0 aromatic heterocycles. The molecule has 0 saturated carbocycles. The second-order valence-electron chi connectivity index (χ2n) is 5.13. The number of hydrogen-bond donors (Lipinski definition) is 0. The van der Waals surface area contributed by atoms with Gasteiger partial charge in [-0.15, -0.1) is 0 Å². The third kappa shape index (κ3) is 3.05. The molecule has 1 rings (SSSR count). The Bertz CT molecular complexity index is 294. The van der Waals surface area contributed by atoms with Gasteiger partial charge in [-0.25, -0.2) is 0 Å². The third-order valence-electron chi connectivity index (χ3n) is 3.41. The molecule has 0 bridgehead atoms. The Hall–Kier alpha value is -0.850. The van der Waals surface area contributed by atoms with Crippen LogP contribution in [0.15, 0.2) is 23.8 Å². The second kappa shape index (κ2) is 4.78. The molecule has 0 spiro atoms. The normalized spacial score (nSPS) is 25.3. The van der Waals surface area contributed by atoms with E-state index in [2.05, 4.69) is 32.9 Å². The van der Waals surface area contributed by atoms with Gasteiger partial charge >= 0.3 is 0 Å². The van der Waals surface area contributed by atoms with E-state index in [-0.39, 0.29) is 5.78 Å². The van der Waals surface area contributed by atoms with E-state index in [1.807, 2.05) is 6.92 Å². The molecule has 0 fully saturated rings. The summed E-state index contributed by atoms with van der Waals surface area (Å²) in [5.74, 6) is 0.658. The van der Waals surface area contributed by atoms with Crippen molar-refractivity contribution < 1.29 is 4.79 Å². The highest BCUT2D eigenvalue weighted by Crippen LogP contribution is 2.41. The van der Waals surface area contributed by atoms with Gasteiger partial charge in [0.2, 0.25) is 0 Å². The minimum absolute atomic E-state index is 0.226. The van der Waals surface area contributed by atoms with Crippen molar-refractivity contribution in [1.82, 2.24) is 0 Å². The maximum absolute atomic E-state index is 11.3. The van der Waals surface area contributed by atoms with Gasteiger partial charge < -0.3 is 0 Å². The van der Waals surface area contributed by atoms with E-state index in [0.29, 0.717) is 17.8 Å². The van der Waals surface area contributed by atoms with Crippen molar-refractivity contribution in [3.8, 4) is 0 Å². The van der Waals surface area contributed by atoms with Crippen molar-refractivity contribution in [2.24, 2.45) is 11.3 Å². The SMILES string of the molecule is CCC(=O)C=C[C@H]1C(C)=CCCC1(C)C. The molecule has 1 atom stereocenters. The number of rotatable bonds is 3. The average molecular weight is 206 g/mol. The summed E-state index contributed by atoms with van der Waals surface area (Å²) in [6, 6.07) is 0. The predicted molar refractivity (Wildman–Crippen MR) is 64.7 cm³/mol. The zero-order chi connectivity index (χ0) is 11.5. The van der Waals surface area contributed by atoms with Crippen LogP contribution in [0.4, 0.5) is 0 Å². The van der Waals surface area contributed by atoms with Crippen LogP contribution >= 0.6 is 0 Å². The van der Waals surface area contributed by atoms with E-state index in [4.69, 9.17) is 0 Å². The molecule has 0 aliphatic heterocycles. The molecule has 84 valence electrons. The summed E-state index contributed by atoms with van der Waals surface area (Å²) in [4.78, 5) is 11.3. The zero-order valence-electron chi connectivity index (χ0n) is 10.3. The fourth-order valence-corrected chi connectivity index (χ4v) is 2.30. The van der Waals surface area contributed by atoms with Crippen LogP contribution in [-0.4, -0.2) is 5.78 Å². The van der Waals surface area contributed by atoms with Crippen LogP contribution in [-0.2, 0) is 4.79 Å². The van der Waals surface area contributed by atoms with Crippen molar-refractivity contribution in [1.29, 1.82) is 0 Å². The summed E-state index contributed by atoms with van der Waals surface area (Å²) < 4.78 is 0. The third-order valence-corrected chi connectivity index (χ3v) is 3.41. The Balaban J connectivity index is 2.81. The number of carbonyl (C=O) groups is 1. The van der Waals surface area contributed by atoms with Crippen molar-refractivity contribution in [3.05, 3.63) is 23.8 Å². The lowest BCUT2D eigenvalue weighted by molar-refractivity contribution is -0.114. The summed E-state index contributed by atoms with van der Waals surface area (Å²) in [6.07, 6.45) is 9.14. The Morgan fingerprint density at radius 1 is 1.60 bits per heavy atom. The van der Waals surface area contributed by atoms with Gasteiger partial charge in [0.1, 0.15) is 0 Å². The van der Waals surface area contributed by atoms with Gasteiger partial charge in [-0.05, 0) is 31.3 Å². The van der Waals surface area contributed by atoms with Gasteiger partial charge in [-0.3, -0.25) is 4.79 Å². The minimum atomic E-state index is 0.226. The highest BCUT2D eigenvalue weighted by Gasteiger charge is 2.30. The predicted octanol–water partition coefficient (Wildman–Crippen LogP) is 3.90. The first-order chi connectivity index (χ1) is 6.97. The van der Waals surface area contributed by atoms with Gasteiger partial charge in [-0.1, -0.05) is 38.5 Å². The number of allylic oxidation sites excluding steroid dienone is 4. The highest BCUT2D eigenvalue weighted by atomic mass is 16.1. The molecule has 0 aromatic rings. The number of ketones is 1. The lowest BCUT2D eigenvalue weighted by Crippen LogP contribution is -2.26. The van der Waals surface area contributed by atoms with E-state index in [1.165, 1.54) is 18.4 Å². The number of hydrogen-bond acceptors (Lipinski definition) is 1. The lowest BCUT2D eigenvalue weighted by atomic mass is 9.68. The molecule has 0 amide bonds. The minimum Gasteiger partial charge on any atom is -0.295 e. The zero-order valence-corrected chi connectivity index (χ0v) is 10.3. The van der Waals surface area contributed by atoms with Crippen molar-refractivity contribution in [2.45, 2.75) is 47.0 Å². The summed E-state index contributed by atoms with van der Waals surface area (Å²) in [7, 11) is 0. The molecule has 0 N–H and O–H groups in total.